The van der Waals surface area contributed by atoms with Gasteiger partial charge in [-0.05, 0) is 68.3 Å². The number of carbonyl (C=O) groups excluding carboxylic acids is 1. The normalized spacial score (nSPS) is 15.6. The number of nitrogens with zero attached hydrogens (tertiary/aromatic N) is 2. The number of hydrogen-bond acceptors (Lipinski definition) is 3. The van der Waals surface area contributed by atoms with Gasteiger partial charge < -0.3 is 14.5 Å². The van der Waals surface area contributed by atoms with Gasteiger partial charge in [0.05, 0.1) is 0 Å². The van der Waals surface area contributed by atoms with Crippen molar-refractivity contribution in [1.29, 1.82) is 0 Å². The number of aryl methyl sites for hydroxylation is 2. The van der Waals surface area contributed by atoms with E-state index in [1.165, 1.54) is 12.1 Å². The second-order valence-electron chi connectivity index (χ2n) is 6.92. The summed E-state index contributed by atoms with van der Waals surface area (Å²) in [6, 6.07) is 10.2. The number of ether oxygens (including phenoxy) is 1. The Morgan fingerprint density at radius 2 is 1.63 bits per heavy atom. The molecule has 144 valence electrons. The molecular weight excluding hydrogens is 367 g/mol. The van der Waals surface area contributed by atoms with Gasteiger partial charge in [0.2, 0.25) is 0 Å². The zero-order chi connectivity index (χ0) is 19.6. The van der Waals surface area contributed by atoms with Gasteiger partial charge in [-0.25, -0.2) is 4.39 Å². The fourth-order valence-corrected chi connectivity index (χ4v) is 3.43. The molecule has 0 spiro atoms. The Morgan fingerprint density at radius 1 is 1.07 bits per heavy atom. The van der Waals surface area contributed by atoms with Crippen LogP contribution in [0.5, 0.6) is 5.75 Å². The Kier molecular flexibility index (Phi) is 5.90. The van der Waals surface area contributed by atoms with Crippen LogP contribution in [0, 0.1) is 19.7 Å². The molecule has 4 nitrogen and oxygen atoms in total. The summed E-state index contributed by atoms with van der Waals surface area (Å²) in [6.07, 6.45) is -0.567. The molecule has 1 aliphatic rings. The number of benzene rings is 2. The second-order valence-corrected chi connectivity index (χ2v) is 7.30. The quantitative estimate of drug-likeness (QED) is 0.783. The van der Waals surface area contributed by atoms with Gasteiger partial charge in [-0.1, -0.05) is 11.6 Å². The first-order valence-electron chi connectivity index (χ1n) is 9.08. The van der Waals surface area contributed by atoms with Crippen LogP contribution < -0.4 is 9.64 Å². The molecule has 0 bridgehead atoms. The SMILES string of the molecule is Cc1cc(O[C@@H](C)C(=O)N2CCN(c3ccc(F)cc3)CC2)cc(C)c1Cl. The molecule has 0 radical (unpaired) electrons. The molecule has 1 fully saturated rings. The molecule has 0 aliphatic carbocycles. The van der Waals surface area contributed by atoms with Gasteiger partial charge in [0.25, 0.3) is 5.91 Å². The lowest BCUT2D eigenvalue weighted by Crippen LogP contribution is -2.52. The Hall–Kier alpha value is -2.27. The lowest BCUT2D eigenvalue weighted by atomic mass is 10.1. The Morgan fingerprint density at radius 3 is 2.19 bits per heavy atom. The van der Waals surface area contributed by atoms with E-state index in [1.54, 1.807) is 19.1 Å². The third-order valence-electron chi connectivity index (χ3n) is 4.85. The second kappa shape index (κ2) is 8.17. The first-order valence-corrected chi connectivity index (χ1v) is 9.45. The summed E-state index contributed by atoms with van der Waals surface area (Å²) >= 11 is 6.19. The van der Waals surface area contributed by atoms with Gasteiger partial charge in [0.1, 0.15) is 11.6 Å². The molecule has 27 heavy (non-hydrogen) atoms. The molecule has 3 rings (SSSR count). The molecule has 2 aromatic carbocycles. The summed E-state index contributed by atoms with van der Waals surface area (Å²) in [4.78, 5) is 16.7. The summed E-state index contributed by atoms with van der Waals surface area (Å²) in [5.41, 5.74) is 2.83. The van der Waals surface area contributed by atoms with Crippen LogP contribution in [-0.4, -0.2) is 43.1 Å². The van der Waals surface area contributed by atoms with Crippen molar-refractivity contribution in [2.45, 2.75) is 26.9 Å². The summed E-state index contributed by atoms with van der Waals surface area (Å²) < 4.78 is 18.9. The molecule has 1 amide bonds. The fourth-order valence-electron chi connectivity index (χ4n) is 3.32. The summed E-state index contributed by atoms with van der Waals surface area (Å²) in [5.74, 6) is 0.380. The molecule has 1 heterocycles. The minimum Gasteiger partial charge on any atom is -0.481 e. The van der Waals surface area contributed by atoms with Crippen LogP contribution in [0.25, 0.3) is 0 Å². The van der Waals surface area contributed by atoms with Crippen molar-refractivity contribution in [3.63, 3.8) is 0 Å². The maximum Gasteiger partial charge on any atom is 0.263 e. The predicted octanol–water partition coefficient (Wildman–Crippen LogP) is 4.21. The zero-order valence-corrected chi connectivity index (χ0v) is 16.6. The molecule has 1 saturated heterocycles. The summed E-state index contributed by atoms with van der Waals surface area (Å²) in [7, 11) is 0. The van der Waals surface area contributed by atoms with Crippen molar-refractivity contribution in [2.24, 2.45) is 0 Å². The van der Waals surface area contributed by atoms with Crippen LogP contribution >= 0.6 is 11.6 Å². The topological polar surface area (TPSA) is 32.8 Å². The Balaban J connectivity index is 1.57. The van der Waals surface area contributed by atoms with Gasteiger partial charge in [-0.2, -0.15) is 0 Å². The Bertz CT molecular complexity index is 794. The van der Waals surface area contributed by atoms with E-state index in [4.69, 9.17) is 16.3 Å². The molecule has 0 saturated carbocycles. The predicted molar refractivity (Wildman–Crippen MR) is 106 cm³/mol. The van der Waals surface area contributed by atoms with E-state index in [0.29, 0.717) is 31.9 Å². The van der Waals surface area contributed by atoms with Gasteiger partial charge in [-0.15, -0.1) is 0 Å². The largest absolute Gasteiger partial charge is 0.481 e. The highest BCUT2D eigenvalue weighted by Crippen LogP contribution is 2.27. The molecule has 2 aromatic rings. The van der Waals surface area contributed by atoms with E-state index in [2.05, 4.69) is 4.90 Å². The van der Waals surface area contributed by atoms with Gasteiger partial charge in [0.15, 0.2) is 6.10 Å². The monoisotopic (exact) mass is 390 g/mol. The van der Waals surface area contributed by atoms with E-state index >= 15 is 0 Å². The molecule has 1 aliphatic heterocycles. The lowest BCUT2D eigenvalue weighted by molar-refractivity contribution is -0.138. The molecule has 6 heteroatoms. The van der Waals surface area contributed by atoms with E-state index in [0.717, 1.165) is 21.8 Å². The average molecular weight is 391 g/mol. The van der Waals surface area contributed by atoms with E-state index in [1.807, 2.05) is 30.9 Å². The summed E-state index contributed by atoms with van der Waals surface area (Å²) in [5, 5.41) is 0.721. The maximum absolute atomic E-state index is 13.1. The third kappa shape index (κ3) is 4.53. The van der Waals surface area contributed by atoms with Crippen molar-refractivity contribution >= 4 is 23.2 Å². The minimum absolute atomic E-state index is 0.0287. The molecular formula is C21H24ClFN2O2. The summed E-state index contributed by atoms with van der Waals surface area (Å²) in [6.45, 7) is 8.26. The van der Waals surface area contributed by atoms with Crippen molar-refractivity contribution in [1.82, 2.24) is 4.90 Å². The van der Waals surface area contributed by atoms with Crippen LogP contribution in [-0.2, 0) is 4.79 Å². The molecule has 1 atom stereocenters. The molecule has 0 unspecified atom stereocenters. The van der Waals surface area contributed by atoms with E-state index < -0.39 is 6.10 Å². The lowest BCUT2D eigenvalue weighted by Gasteiger charge is -2.37. The number of hydrogen-bond donors (Lipinski definition) is 0. The van der Waals surface area contributed by atoms with E-state index in [-0.39, 0.29) is 11.7 Å². The van der Waals surface area contributed by atoms with Crippen LogP contribution in [0.1, 0.15) is 18.1 Å². The number of carbonyl (C=O) groups is 1. The number of halogens is 2. The molecule has 0 N–H and O–H groups in total. The van der Waals surface area contributed by atoms with Crippen molar-refractivity contribution in [2.75, 3.05) is 31.1 Å². The van der Waals surface area contributed by atoms with Gasteiger partial charge in [0, 0.05) is 36.9 Å². The number of piperazine rings is 1. The first-order chi connectivity index (χ1) is 12.8. The van der Waals surface area contributed by atoms with Crippen molar-refractivity contribution < 1.29 is 13.9 Å². The Labute approximate surface area is 164 Å². The number of amides is 1. The van der Waals surface area contributed by atoms with Crippen molar-refractivity contribution in [3.05, 3.63) is 58.4 Å². The highest BCUT2D eigenvalue weighted by molar-refractivity contribution is 6.32. The average Bonchev–Trinajstić information content (AvgIpc) is 2.66. The van der Waals surface area contributed by atoms with Crippen molar-refractivity contribution in [3.8, 4) is 5.75 Å². The zero-order valence-electron chi connectivity index (χ0n) is 15.8. The van der Waals surface area contributed by atoms with E-state index in [9.17, 15) is 9.18 Å². The third-order valence-corrected chi connectivity index (χ3v) is 5.45. The first kappa shape index (κ1) is 19.5. The highest BCUT2D eigenvalue weighted by atomic mass is 35.5. The standard InChI is InChI=1S/C21H24ClFN2O2/c1-14-12-19(13-15(2)20(14)22)27-16(3)21(26)25-10-8-24(9-11-25)18-6-4-17(23)5-7-18/h4-7,12-13,16H,8-11H2,1-3H3/t16-/m0/s1. The highest BCUT2D eigenvalue weighted by Gasteiger charge is 2.26. The maximum atomic E-state index is 13.1. The molecule has 0 aromatic heterocycles. The smallest absolute Gasteiger partial charge is 0.263 e. The van der Waals surface area contributed by atoms with Crippen LogP contribution in [0.2, 0.25) is 5.02 Å². The van der Waals surface area contributed by atoms with Crippen LogP contribution in [0.3, 0.4) is 0 Å². The fraction of sp³-hybridized carbons (Fsp3) is 0.381. The minimum atomic E-state index is -0.567. The van der Waals surface area contributed by atoms with Crippen LogP contribution in [0.4, 0.5) is 10.1 Å². The van der Waals surface area contributed by atoms with Gasteiger partial charge in [-0.3, -0.25) is 4.79 Å². The number of anilines is 1. The van der Waals surface area contributed by atoms with Crippen LogP contribution in [0.15, 0.2) is 36.4 Å². The number of rotatable bonds is 4. The van der Waals surface area contributed by atoms with Gasteiger partial charge >= 0.3 is 0 Å².